The van der Waals surface area contributed by atoms with Crippen molar-refractivity contribution in [2.45, 2.75) is 20.0 Å². The standard InChI is InChI=1S/C20H25N3O4.HI/c1-4-21-20(22-11-14-5-7-17(25-3)16(24)9-14)23(2)12-15-6-8-18-19(10-15)27-13-26-18;/h5-10,24H,4,11-13H2,1-3H3,(H,21,22);1H. The smallest absolute Gasteiger partial charge is 0.231 e. The van der Waals surface area contributed by atoms with Crippen molar-refractivity contribution in [1.29, 1.82) is 0 Å². The average molecular weight is 499 g/mol. The molecule has 0 bridgehead atoms. The molecule has 0 aromatic heterocycles. The Kier molecular flexibility index (Phi) is 8.04. The summed E-state index contributed by atoms with van der Waals surface area (Å²) in [5, 5.41) is 13.2. The van der Waals surface area contributed by atoms with E-state index in [0.717, 1.165) is 35.1 Å². The molecule has 0 spiro atoms. The Bertz CT molecular complexity index is 829. The molecule has 1 heterocycles. The molecule has 28 heavy (non-hydrogen) atoms. The van der Waals surface area contributed by atoms with Crippen LogP contribution in [0.1, 0.15) is 18.1 Å². The van der Waals surface area contributed by atoms with Crippen LogP contribution in [0, 0.1) is 0 Å². The molecule has 152 valence electrons. The number of phenols is 1. The van der Waals surface area contributed by atoms with Gasteiger partial charge in [0.2, 0.25) is 6.79 Å². The molecule has 0 fully saturated rings. The number of nitrogens with one attached hydrogen (secondary N) is 1. The van der Waals surface area contributed by atoms with Gasteiger partial charge in [-0.3, -0.25) is 0 Å². The van der Waals surface area contributed by atoms with Gasteiger partial charge < -0.3 is 29.5 Å². The van der Waals surface area contributed by atoms with Gasteiger partial charge in [0.05, 0.1) is 13.7 Å². The molecule has 0 atom stereocenters. The molecule has 2 N–H and O–H groups in total. The van der Waals surface area contributed by atoms with E-state index in [2.05, 4.69) is 10.3 Å². The zero-order valence-electron chi connectivity index (χ0n) is 16.3. The highest BCUT2D eigenvalue weighted by Crippen LogP contribution is 2.32. The molecule has 2 aromatic carbocycles. The first-order chi connectivity index (χ1) is 13.1. The first-order valence-electron chi connectivity index (χ1n) is 8.84. The van der Waals surface area contributed by atoms with Gasteiger partial charge in [0.15, 0.2) is 29.0 Å². The van der Waals surface area contributed by atoms with Crippen molar-refractivity contribution in [3.8, 4) is 23.0 Å². The summed E-state index contributed by atoms with van der Waals surface area (Å²) in [7, 11) is 3.51. The normalized spacial score (nSPS) is 12.3. The Morgan fingerprint density at radius 3 is 2.64 bits per heavy atom. The summed E-state index contributed by atoms with van der Waals surface area (Å²) in [6.45, 7) is 4.19. The third kappa shape index (κ3) is 5.34. The zero-order valence-corrected chi connectivity index (χ0v) is 18.6. The number of aromatic hydroxyl groups is 1. The predicted octanol–water partition coefficient (Wildman–Crippen LogP) is 3.35. The third-order valence-corrected chi connectivity index (χ3v) is 4.21. The maximum absolute atomic E-state index is 9.92. The van der Waals surface area contributed by atoms with Crippen LogP contribution in [0.25, 0.3) is 0 Å². The second-order valence-corrected chi connectivity index (χ2v) is 6.22. The molecule has 0 aliphatic carbocycles. The van der Waals surface area contributed by atoms with E-state index in [9.17, 15) is 5.11 Å². The van der Waals surface area contributed by atoms with Gasteiger partial charge in [0, 0.05) is 20.1 Å². The van der Waals surface area contributed by atoms with Crippen molar-refractivity contribution >= 4 is 29.9 Å². The summed E-state index contributed by atoms with van der Waals surface area (Å²) in [5.74, 6) is 2.90. The van der Waals surface area contributed by atoms with E-state index in [4.69, 9.17) is 14.2 Å². The summed E-state index contributed by atoms with van der Waals surface area (Å²) in [4.78, 5) is 6.72. The zero-order chi connectivity index (χ0) is 19.2. The second-order valence-electron chi connectivity index (χ2n) is 6.22. The minimum Gasteiger partial charge on any atom is -0.504 e. The molecule has 1 aliphatic rings. The number of hydrogen-bond donors (Lipinski definition) is 2. The van der Waals surface area contributed by atoms with Crippen LogP contribution in [0.5, 0.6) is 23.0 Å². The fourth-order valence-electron chi connectivity index (χ4n) is 2.86. The highest BCUT2D eigenvalue weighted by molar-refractivity contribution is 14.0. The highest BCUT2D eigenvalue weighted by atomic mass is 127. The van der Waals surface area contributed by atoms with Crippen molar-refractivity contribution in [3.63, 3.8) is 0 Å². The number of rotatable bonds is 6. The maximum atomic E-state index is 9.92. The van der Waals surface area contributed by atoms with Crippen molar-refractivity contribution in [2.75, 3.05) is 27.5 Å². The van der Waals surface area contributed by atoms with E-state index in [0.29, 0.717) is 18.8 Å². The molecule has 0 saturated heterocycles. The molecule has 0 saturated carbocycles. The van der Waals surface area contributed by atoms with E-state index >= 15 is 0 Å². The van der Waals surface area contributed by atoms with Crippen molar-refractivity contribution < 1.29 is 19.3 Å². The van der Waals surface area contributed by atoms with Crippen LogP contribution < -0.4 is 19.5 Å². The molecule has 8 heteroatoms. The van der Waals surface area contributed by atoms with Gasteiger partial charge in [-0.15, -0.1) is 24.0 Å². The molecular weight excluding hydrogens is 473 g/mol. The highest BCUT2D eigenvalue weighted by Gasteiger charge is 2.14. The molecule has 0 amide bonds. The van der Waals surface area contributed by atoms with Crippen LogP contribution in [0.15, 0.2) is 41.4 Å². The third-order valence-electron chi connectivity index (χ3n) is 4.21. The first kappa shape index (κ1) is 21.9. The van der Waals surface area contributed by atoms with Crippen LogP contribution >= 0.6 is 24.0 Å². The number of phenolic OH excluding ortho intramolecular Hbond substituents is 1. The summed E-state index contributed by atoms with van der Waals surface area (Å²) in [6, 6.07) is 11.2. The second kappa shape index (κ2) is 10.3. The number of hydrogen-bond acceptors (Lipinski definition) is 5. The molecule has 0 radical (unpaired) electrons. The van der Waals surface area contributed by atoms with Crippen molar-refractivity contribution in [2.24, 2.45) is 4.99 Å². The Morgan fingerprint density at radius 1 is 1.18 bits per heavy atom. The van der Waals surface area contributed by atoms with Gasteiger partial charge in [-0.25, -0.2) is 4.99 Å². The van der Waals surface area contributed by atoms with E-state index < -0.39 is 0 Å². The molecule has 0 unspecified atom stereocenters. The van der Waals surface area contributed by atoms with Gasteiger partial charge in [-0.2, -0.15) is 0 Å². The average Bonchev–Trinajstić information content (AvgIpc) is 3.13. The van der Waals surface area contributed by atoms with Crippen molar-refractivity contribution in [1.82, 2.24) is 10.2 Å². The number of benzene rings is 2. The van der Waals surface area contributed by atoms with E-state index in [-0.39, 0.29) is 36.5 Å². The Hall–Kier alpha value is -2.36. The largest absolute Gasteiger partial charge is 0.504 e. The van der Waals surface area contributed by atoms with Crippen LogP contribution in [0.4, 0.5) is 0 Å². The summed E-state index contributed by atoms with van der Waals surface area (Å²) in [5.41, 5.74) is 2.01. The number of halogens is 1. The first-order valence-corrected chi connectivity index (χ1v) is 8.84. The lowest BCUT2D eigenvalue weighted by Crippen LogP contribution is -2.38. The van der Waals surface area contributed by atoms with Gasteiger partial charge in [-0.05, 0) is 42.3 Å². The predicted molar refractivity (Wildman–Crippen MR) is 119 cm³/mol. The SMILES string of the molecule is CCNC(=NCc1ccc(OC)c(O)c1)N(C)Cc1ccc2c(c1)OCO2.I. The fraction of sp³-hybridized carbons (Fsp3) is 0.350. The summed E-state index contributed by atoms with van der Waals surface area (Å²) >= 11 is 0. The number of nitrogens with zero attached hydrogens (tertiary/aromatic N) is 2. The lowest BCUT2D eigenvalue weighted by Gasteiger charge is -2.22. The van der Waals surface area contributed by atoms with Gasteiger partial charge in [0.25, 0.3) is 0 Å². The Morgan fingerprint density at radius 2 is 1.93 bits per heavy atom. The molecule has 3 rings (SSSR count). The van der Waals surface area contributed by atoms with Crippen LogP contribution in [0.2, 0.25) is 0 Å². The summed E-state index contributed by atoms with van der Waals surface area (Å²) in [6.07, 6.45) is 0. The minimum absolute atomic E-state index is 0. The number of ether oxygens (including phenoxy) is 3. The Balaban J connectivity index is 0.00000280. The van der Waals surface area contributed by atoms with E-state index in [1.807, 2.05) is 43.1 Å². The Labute approximate surface area is 182 Å². The van der Waals surface area contributed by atoms with Crippen LogP contribution in [-0.2, 0) is 13.1 Å². The number of guanidine groups is 1. The van der Waals surface area contributed by atoms with Gasteiger partial charge in [-0.1, -0.05) is 12.1 Å². The van der Waals surface area contributed by atoms with Crippen molar-refractivity contribution in [3.05, 3.63) is 47.5 Å². The van der Waals surface area contributed by atoms with Crippen LogP contribution in [-0.4, -0.2) is 43.5 Å². The topological polar surface area (TPSA) is 75.6 Å². The monoisotopic (exact) mass is 499 g/mol. The molecule has 2 aromatic rings. The number of methoxy groups -OCH3 is 1. The quantitative estimate of drug-likeness (QED) is 0.361. The van der Waals surface area contributed by atoms with Gasteiger partial charge >= 0.3 is 0 Å². The molecular formula is C20H26IN3O4. The maximum Gasteiger partial charge on any atom is 0.231 e. The van der Waals surface area contributed by atoms with E-state index in [1.165, 1.54) is 7.11 Å². The lowest BCUT2D eigenvalue weighted by molar-refractivity contribution is 0.174. The van der Waals surface area contributed by atoms with Crippen LogP contribution in [0.3, 0.4) is 0 Å². The summed E-state index contributed by atoms with van der Waals surface area (Å²) < 4.78 is 15.9. The molecule has 7 nitrogen and oxygen atoms in total. The number of fused-ring (bicyclic) bond motifs is 1. The minimum atomic E-state index is 0. The van der Waals surface area contributed by atoms with Gasteiger partial charge in [0.1, 0.15) is 0 Å². The molecule has 1 aliphatic heterocycles. The lowest BCUT2D eigenvalue weighted by atomic mass is 10.2. The fourth-order valence-corrected chi connectivity index (χ4v) is 2.86. The van der Waals surface area contributed by atoms with E-state index in [1.54, 1.807) is 12.1 Å². The number of aliphatic imine (C=N–C) groups is 1.